The van der Waals surface area contributed by atoms with Crippen LogP contribution >= 0.6 is 0 Å². The molecule has 0 saturated heterocycles. The molecule has 0 aromatic heterocycles. The minimum Gasteiger partial charge on any atom is -0.299 e. The fourth-order valence-electron chi connectivity index (χ4n) is 2.12. The first kappa shape index (κ1) is 14.3. The molecule has 0 aliphatic carbocycles. The van der Waals surface area contributed by atoms with Gasteiger partial charge in [-0.2, -0.15) is 0 Å². The Bertz CT molecular complexity index is 582. The number of benzene rings is 2. The summed E-state index contributed by atoms with van der Waals surface area (Å²) in [7, 11) is 0. The summed E-state index contributed by atoms with van der Waals surface area (Å²) in [4.78, 5) is 11.8. The summed E-state index contributed by atoms with van der Waals surface area (Å²) in [6.07, 6.45) is 5.96. The van der Waals surface area contributed by atoms with Crippen molar-refractivity contribution in [3.63, 3.8) is 0 Å². The summed E-state index contributed by atoms with van der Waals surface area (Å²) in [5, 5.41) is 0. The molecule has 2 rings (SSSR count). The van der Waals surface area contributed by atoms with Gasteiger partial charge in [-0.25, -0.2) is 0 Å². The van der Waals surface area contributed by atoms with E-state index in [1.54, 1.807) is 0 Å². The minimum absolute atomic E-state index is 0.290. The number of ketones is 1. The van der Waals surface area contributed by atoms with Crippen LogP contribution in [0.15, 0.2) is 60.7 Å². The molecule has 0 unspecified atom stereocenters. The van der Waals surface area contributed by atoms with Crippen LogP contribution in [0.5, 0.6) is 0 Å². The van der Waals surface area contributed by atoms with Gasteiger partial charge >= 0.3 is 0 Å². The Morgan fingerprint density at radius 1 is 1.00 bits per heavy atom. The first-order valence-electron chi connectivity index (χ1n) is 7.03. The molecule has 0 amide bonds. The predicted octanol–water partition coefficient (Wildman–Crippen LogP) is 4.60. The summed E-state index contributed by atoms with van der Waals surface area (Å²) in [5.41, 5.74) is 3.65. The molecule has 102 valence electrons. The standard InChI is InChI=1S/C19H20O/c1-16-8-5-6-11-18(16)12-7-13-19(20)15-14-17-9-3-2-4-10-17/h2-12H,13-15H2,1H3/b12-7+. The fraction of sp³-hybridized carbons (Fsp3) is 0.211. The molecule has 2 aromatic rings. The van der Waals surface area contributed by atoms with E-state index in [1.807, 2.05) is 42.5 Å². The third-order valence-electron chi connectivity index (χ3n) is 3.37. The molecule has 0 fully saturated rings. The van der Waals surface area contributed by atoms with Gasteiger partial charge in [-0.3, -0.25) is 4.79 Å². The van der Waals surface area contributed by atoms with Gasteiger partial charge in [0.25, 0.3) is 0 Å². The second-order valence-corrected chi connectivity index (χ2v) is 4.99. The molecule has 0 atom stereocenters. The molecular weight excluding hydrogens is 244 g/mol. The van der Waals surface area contributed by atoms with Crippen LogP contribution < -0.4 is 0 Å². The van der Waals surface area contributed by atoms with Crippen molar-refractivity contribution in [2.75, 3.05) is 0 Å². The van der Waals surface area contributed by atoms with Gasteiger partial charge < -0.3 is 0 Å². The number of carbonyl (C=O) groups is 1. The highest BCUT2D eigenvalue weighted by atomic mass is 16.1. The van der Waals surface area contributed by atoms with Gasteiger partial charge in [0.1, 0.15) is 5.78 Å². The fourth-order valence-corrected chi connectivity index (χ4v) is 2.12. The maximum atomic E-state index is 11.8. The molecule has 20 heavy (non-hydrogen) atoms. The van der Waals surface area contributed by atoms with E-state index in [2.05, 4.69) is 31.2 Å². The Labute approximate surface area is 121 Å². The zero-order valence-corrected chi connectivity index (χ0v) is 11.9. The smallest absolute Gasteiger partial charge is 0.136 e. The molecule has 1 heteroatoms. The normalized spacial score (nSPS) is 10.8. The average Bonchev–Trinajstić information content (AvgIpc) is 2.48. The number of carbonyl (C=O) groups excluding carboxylic acids is 1. The summed E-state index contributed by atoms with van der Waals surface area (Å²) >= 11 is 0. The number of hydrogen-bond donors (Lipinski definition) is 0. The van der Waals surface area contributed by atoms with Crippen molar-refractivity contribution in [1.82, 2.24) is 0 Å². The van der Waals surface area contributed by atoms with Crippen LogP contribution in [0, 0.1) is 6.92 Å². The second kappa shape index (κ2) is 7.44. The van der Waals surface area contributed by atoms with Gasteiger partial charge in [0, 0.05) is 12.8 Å². The van der Waals surface area contributed by atoms with Gasteiger partial charge in [0.05, 0.1) is 0 Å². The molecule has 0 N–H and O–H groups in total. The highest BCUT2D eigenvalue weighted by molar-refractivity contribution is 5.81. The highest BCUT2D eigenvalue weighted by Crippen LogP contribution is 2.10. The van der Waals surface area contributed by atoms with Crippen LogP contribution in [-0.2, 0) is 11.2 Å². The van der Waals surface area contributed by atoms with Crippen LogP contribution in [0.1, 0.15) is 29.5 Å². The van der Waals surface area contributed by atoms with Gasteiger partial charge in [-0.1, -0.05) is 66.7 Å². The summed E-state index contributed by atoms with van der Waals surface area (Å²) in [6.45, 7) is 2.08. The topological polar surface area (TPSA) is 17.1 Å². The van der Waals surface area contributed by atoms with E-state index in [0.29, 0.717) is 18.6 Å². The van der Waals surface area contributed by atoms with Crippen LogP contribution in [-0.4, -0.2) is 5.78 Å². The Balaban J connectivity index is 1.79. The highest BCUT2D eigenvalue weighted by Gasteiger charge is 2.00. The van der Waals surface area contributed by atoms with Crippen molar-refractivity contribution in [1.29, 1.82) is 0 Å². The lowest BCUT2D eigenvalue weighted by Gasteiger charge is -2.00. The molecule has 0 aliphatic heterocycles. The Morgan fingerprint density at radius 3 is 2.45 bits per heavy atom. The molecular formula is C19H20O. The monoisotopic (exact) mass is 264 g/mol. The lowest BCUT2D eigenvalue weighted by Crippen LogP contribution is -1.98. The zero-order chi connectivity index (χ0) is 14.2. The van der Waals surface area contributed by atoms with Crippen molar-refractivity contribution in [3.8, 4) is 0 Å². The van der Waals surface area contributed by atoms with E-state index < -0.39 is 0 Å². The van der Waals surface area contributed by atoms with E-state index in [1.165, 1.54) is 16.7 Å². The van der Waals surface area contributed by atoms with Crippen molar-refractivity contribution in [2.24, 2.45) is 0 Å². The van der Waals surface area contributed by atoms with E-state index in [9.17, 15) is 4.79 Å². The average molecular weight is 264 g/mol. The molecule has 1 nitrogen and oxygen atoms in total. The van der Waals surface area contributed by atoms with Gasteiger partial charge in [0.15, 0.2) is 0 Å². The second-order valence-electron chi connectivity index (χ2n) is 4.99. The third kappa shape index (κ3) is 4.51. The molecule has 0 bridgehead atoms. The lowest BCUT2D eigenvalue weighted by molar-refractivity contribution is -0.118. The van der Waals surface area contributed by atoms with Crippen molar-refractivity contribution in [3.05, 3.63) is 77.4 Å². The van der Waals surface area contributed by atoms with Crippen LogP contribution in [0.3, 0.4) is 0 Å². The molecule has 2 aromatic carbocycles. The number of aryl methyl sites for hydroxylation is 2. The van der Waals surface area contributed by atoms with E-state index in [0.717, 1.165) is 6.42 Å². The van der Waals surface area contributed by atoms with Gasteiger partial charge in [-0.05, 0) is 30.0 Å². The maximum Gasteiger partial charge on any atom is 0.136 e. The Kier molecular flexibility index (Phi) is 5.31. The molecule has 0 radical (unpaired) electrons. The molecule has 0 spiro atoms. The predicted molar refractivity (Wildman–Crippen MR) is 84.6 cm³/mol. The van der Waals surface area contributed by atoms with E-state index in [4.69, 9.17) is 0 Å². The Hall–Kier alpha value is -2.15. The quantitative estimate of drug-likeness (QED) is 0.745. The molecule has 0 saturated carbocycles. The summed E-state index contributed by atoms with van der Waals surface area (Å²) < 4.78 is 0. The van der Waals surface area contributed by atoms with E-state index >= 15 is 0 Å². The van der Waals surface area contributed by atoms with Crippen LogP contribution in [0.25, 0.3) is 6.08 Å². The van der Waals surface area contributed by atoms with Crippen molar-refractivity contribution >= 4 is 11.9 Å². The van der Waals surface area contributed by atoms with Gasteiger partial charge in [0.2, 0.25) is 0 Å². The number of allylic oxidation sites excluding steroid dienone is 1. The largest absolute Gasteiger partial charge is 0.299 e. The van der Waals surface area contributed by atoms with Crippen LogP contribution in [0.4, 0.5) is 0 Å². The Morgan fingerprint density at radius 2 is 1.70 bits per heavy atom. The molecule has 0 heterocycles. The van der Waals surface area contributed by atoms with Crippen LogP contribution in [0.2, 0.25) is 0 Å². The zero-order valence-electron chi connectivity index (χ0n) is 11.9. The maximum absolute atomic E-state index is 11.8. The number of rotatable bonds is 6. The number of Topliss-reactive ketones (excluding diaryl/α,β-unsaturated/α-hetero) is 1. The van der Waals surface area contributed by atoms with Crippen molar-refractivity contribution in [2.45, 2.75) is 26.2 Å². The number of hydrogen-bond acceptors (Lipinski definition) is 1. The minimum atomic E-state index is 0.290. The van der Waals surface area contributed by atoms with Crippen molar-refractivity contribution < 1.29 is 4.79 Å². The SMILES string of the molecule is Cc1ccccc1/C=C/CC(=O)CCc1ccccc1. The van der Waals surface area contributed by atoms with Gasteiger partial charge in [-0.15, -0.1) is 0 Å². The summed E-state index contributed by atoms with van der Waals surface area (Å²) in [6, 6.07) is 18.3. The van der Waals surface area contributed by atoms with E-state index in [-0.39, 0.29) is 0 Å². The lowest BCUT2D eigenvalue weighted by atomic mass is 10.0. The summed E-state index contributed by atoms with van der Waals surface area (Å²) in [5.74, 6) is 0.290. The first-order valence-corrected chi connectivity index (χ1v) is 7.03. The molecule has 0 aliphatic rings. The third-order valence-corrected chi connectivity index (χ3v) is 3.37. The first-order chi connectivity index (χ1) is 9.75.